The Balaban J connectivity index is 2.07. The van der Waals surface area contributed by atoms with Gasteiger partial charge in [-0.3, -0.25) is 0 Å². The molecule has 2 heteroatoms. The summed E-state index contributed by atoms with van der Waals surface area (Å²) in [4.78, 5) is 0. The van der Waals surface area contributed by atoms with Crippen molar-refractivity contribution < 1.29 is 9.47 Å². The van der Waals surface area contributed by atoms with Crippen LogP contribution in [0.15, 0.2) is 11.6 Å². The summed E-state index contributed by atoms with van der Waals surface area (Å²) in [5.74, 6) is 1.75. The largest absolute Gasteiger partial charge is 0.352 e. The van der Waals surface area contributed by atoms with Gasteiger partial charge in [0, 0.05) is 5.92 Å². The lowest BCUT2D eigenvalue weighted by Crippen LogP contribution is -2.42. The van der Waals surface area contributed by atoms with Crippen LogP contribution in [0.1, 0.15) is 40.5 Å². The molecule has 1 heterocycles. The smallest absolute Gasteiger partial charge is 0.161 e. The number of hydrogen-bond acceptors (Lipinski definition) is 2. The molecule has 1 saturated heterocycles. The molecule has 0 radical (unpaired) electrons. The highest BCUT2D eigenvalue weighted by molar-refractivity contribution is 5.08. The molecule has 2 aliphatic rings. The predicted molar refractivity (Wildman–Crippen MR) is 65.1 cm³/mol. The van der Waals surface area contributed by atoms with Crippen LogP contribution in [-0.4, -0.2) is 19.0 Å². The molecule has 5 atom stereocenters. The fourth-order valence-corrected chi connectivity index (χ4v) is 3.19. The van der Waals surface area contributed by atoms with Crippen LogP contribution in [0.3, 0.4) is 0 Å². The van der Waals surface area contributed by atoms with Crippen LogP contribution < -0.4 is 0 Å². The monoisotopic (exact) mass is 224 g/mol. The number of rotatable bonds is 1. The zero-order valence-electron chi connectivity index (χ0n) is 10.9. The molecule has 0 aromatic heterocycles. The Kier molecular flexibility index (Phi) is 3.70. The molecule has 0 N–H and O–H groups in total. The lowest BCUT2D eigenvalue weighted by molar-refractivity contribution is -0.243. The molecule has 0 saturated carbocycles. The van der Waals surface area contributed by atoms with Crippen molar-refractivity contribution in [3.05, 3.63) is 11.6 Å². The first-order chi connectivity index (χ1) is 7.58. The summed E-state index contributed by atoms with van der Waals surface area (Å²) in [5, 5.41) is 0. The Hall–Kier alpha value is -0.340. The van der Waals surface area contributed by atoms with Crippen molar-refractivity contribution in [2.24, 2.45) is 17.8 Å². The van der Waals surface area contributed by atoms with Crippen LogP contribution >= 0.6 is 0 Å². The summed E-state index contributed by atoms with van der Waals surface area (Å²) in [7, 11) is 0. The minimum Gasteiger partial charge on any atom is -0.352 e. The molecule has 0 aromatic rings. The zero-order valence-corrected chi connectivity index (χ0v) is 10.9. The Labute approximate surface area is 99.0 Å². The highest BCUT2D eigenvalue weighted by Crippen LogP contribution is 2.38. The van der Waals surface area contributed by atoms with Crippen molar-refractivity contribution in [2.75, 3.05) is 6.61 Å². The molecule has 1 fully saturated rings. The highest BCUT2D eigenvalue weighted by atomic mass is 16.7. The van der Waals surface area contributed by atoms with Crippen LogP contribution in [-0.2, 0) is 9.47 Å². The average Bonchev–Trinajstić information content (AvgIpc) is 2.15. The van der Waals surface area contributed by atoms with E-state index in [4.69, 9.17) is 9.47 Å². The number of allylic oxidation sites excluding steroid dienone is 2. The lowest BCUT2D eigenvalue weighted by Gasteiger charge is -2.41. The molecule has 0 aromatic carbocycles. The lowest BCUT2D eigenvalue weighted by atomic mass is 9.74. The first kappa shape index (κ1) is 12.1. The summed E-state index contributed by atoms with van der Waals surface area (Å²) < 4.78 is 11.8. The Morgan fingerprint density at radius 2 is 2.00 bits per heavy atom. The Bertz CT molecular complexity index is 272. The van der Waals surface area contributed by atoms with E-state index in [1.54, 1.807) is 0 Å². The molecule has 92 valence electrons. The van der Waals surface area contributed by atoms with E-state index in [0.29, 0.717) is 23.9 Å². The second kappa shape index (κ2) is 4.89. The third-order valence-corrected chi connectivity index (χ3v) is 3.94. The maximum atomic E-state index is 5.95. The van der Waals surface area contributed by atoms with Crippen molar-refractivity contribution in [1.29, 1.82) is 0 Å². The van der Waals surface area contributed by atoms with E-state index in [1.807, 2.05) is 0 Å². The standard InChI is InChI=1S/C14H24O2/c1-9-7-10(2)13(11(3)8-9)14-15-6-5-12(4)16-14/h7,10-14H,5-6,8H2,1-4H3/t10-,11-,12+,13-,14+/m0/s1. The van der Waals surface area contributed by atoms with E-state index < -0.39 is 0 Å². The minimum atomic E-state index is 0.0121. The highest BCUT2D eigenvalue weighted by Gasteiger charge is 2.37. The molecule has 0 spiro atoms. The van der Waals surface area contributed by atoms with Crippen molar-refractivity contribution in [3.8, 4) is 0 Å². The van der Waals surface area contributed by atoms with Crippen molar-refractivity contribution in [3.63, 3.8) is 0 Å². The van der Waals surface area contributed by atoms with Crippen LogP contribution in [0.5, 0.6) is 0 Å². The van der Waals surface area contributed by atoms with E-state index in [2.05, 4.69) is 33.8 Å². The first-order valence-electron chi connectivity index (χ1n) is 6.52. The fraction of sp³-hybridized carbons (Fsp3) is 0.857. The van der Waals surface area contributed by atoms with E-state index >= 15 is 0 Å². The van der Waals surface area contributed by atoms with Crippen molar-refractivity contribution in [1.82, 2.24) is 0 Å². The summed E-state index contributed by atoms with van der Waals surface area (Å²) in [6, 6.07) is 0. The van der Waals surface area contributed by atoms with Gasteiger partial charge in [0.1, 0.15) is 0 Å². The maximum Gasteiger partial charge on any atom is 0.161 e. The van der Waals surface area contributed by atoms with E-state index in [1.165, 1.54) is 12.0 Å². The molecule has 1 aliphatic heterocycles. The van der Waals surface area contributed by atoms with Gasteiger partial charge in [-0.05, 0) is 38.5 Å². The predicted octanol–water partition coefficient (Wildman–Crippen LogP) is 3.38. The fourth-order valence-electron chi connectivity index (χ4n) is 3.19. The van der Waals surface area contributed by atoms with Crippen LogP contribution in [0.4, 0.5) is 0 Å². The van der Waals surface area contributed by atoms with Gasteiger partial charge in [0.05, 0.1) is 12.7 Å². The first-order valence-corrected chi connectivity index (χ1v) is 6.52. The Morgan fingerprint density at radius 1 is 1.25 bits per heavy atom. The van der Waals surface area contributed by atoms with E-state index in [9.17, 15) is 0 Å². The van der Waals surface area contributed by atoms with Crippen molar-refractivity contribution >= 4 is 0 Å². The zero-order chi connectivity index (χ0) is 11.7. The summed E-state index contributed by atoms with van der Waals surface area (Å²) in [6.07, 6.45) is 4.97. The van der Waals surface area contributed by atoms with Crippen molar-refractivity contribution in [2.45, 2.75) is 52.9 Å². The van der Waals surface area contributed by atoms with Gasteiger partial charge in [0.15, 0.2) is 6.29 Å². The molecule has 0 unspecified atom stereocenters. The molecule has 2 rings (SSSR count). The Morgan fingerprint density at radius 3 is 2.62 bits per heavy atom. The van der Waals surface area contributed by atoms with Gasteiger partial charge in [-0.25, -0.2) is 0 Å². The topological polar surface area (TPSA) is 18.5 Å². The number of ether oxygens (including phenoxy) is 2. The summed E-state index contributed by atoms with van der Waals surface area (Å²) in [6.45, 7) is 9.84. The third-order valence-electron chi connectivity index (χ3n) is 3.94. The van der Waals surface area contributed by atoms with Crippen LogP contribution in [0.25, 0.3) is 0 Å². The quantitative estimate of drug-likeness (QED) is 0.636. The second-order valence-corrected chi connectivity index (χ2v) is 5.61. The second-order valence-electron chi connectivity index (χ2n) is 5.61. The normalized spacial score (nSPS) is 45.2. The van der Waals surface area contributed by atoms with Gasteiger partial charge in [-0.15, -0.1) is 0 Å². The summed E-state index contributed by atoms with van der Waals surface area (Å²) >= 11 is 0. The van der Waals surface area contributed by atoms with E-state index in [-0.39, 0.29) is 6.29 Å². The third kappa shape index (κ3) is 2.49. The van der Waals surface area contributed by atoms with Gasteiger partial charge in [0.2, 0.25) is 0 Å². The maximum absolute atomic E-state index is 5.95. The van der Waals surface area contributed by atoms with E-state index in [0.717, 1.165) is 13.0 Å². The average molecular weight is 224 g/mol. The molecule has 0 amide bonds. The van der Waals surface area contributed by atoms with Gasteiger partial charge in [-0.2, -0.15) is 0 Å². The van der Waals surface area contributed by atoms with Gasteiger partial charge in [0.25, 0.3) is 0 Å². The molecule has 16 heavy (non-hydrogen) atoms. The van der Waals surface area contributed by atoms with Crippen LogP contribution in [0, 0.1) is 17.8 Å². The number of hydrogen-bond donors (Lipinski definition) is 0. The minimum absolute atomic E-state index is 0.0121. The van der Waals surface area contributed by atoms with Gasteiger partial charge >= 0.3 is 0 Å². The summed E-state index contributed by atoms with van der Waals surface area (Å²) in [5.41, 5.74) is 1.51. The molecular formula is C14H24O2. The molecule has 0 bridgehead atoms. The molecular weight excluding hydrogens is 200 g/mol. The SMILES string of the molecule is CC1=C[C@H](C)[C@H]([C@@H]2OCC[C@@H](C)O2)[C@@H](C)C1. The molecule has 1 aliphatic carbocycles. The van der Waals surface area contributed by atoms with Gasteiger partial charge in [-0.1, -0.05) is 25.5 Å². The molecule has 2 nitrogen and oxygen atoms in total. The van der Waals surface area contributed by atoms with Gasteiger partial charge < -0.3 is 9.47 Å². The van der Waals surface area contributed by atoms with Crippen LogP contribution in [0.2, 0.25) is 0 Å².